The molecular formula is C18H22N2O2S. The van der Waals surface area contributed by atoms with Crippen molar-refractivity contribution in [1.82, 2.24) is 10.6 Å². The summed E-state index contributed by atoms with van der Waals surface area (Å²) < 4.78 is 10.6. The van der Waals surface area contributed by atoms with Crippen molar-refractivity contribution in [2.45, 2.75) is 19.5 Å². The van der Waals surface area contributed by atoms with Crippen molar-refractivity contribution in [2.75, 3.05) is 14.2 Å². The highest BCUT2D eigenvalue weighted by atomic mass is 32.1. The summed E-state index contributed by atoms with van der Waals surface area (Å²) in [4.78, 5) is 0. The number of nitrogens with one attached hydrogen (secondary N) is 2. The second-order valence-electron chi connectivity index (χ2n) is 5.15. The molecule has 0 aliphatic heterocycles. The maximum absolute atomic E-state index is 5.36. The molecule has 1 unspecified atom stereocenters. The van der Waals surface area contributed by atoms with E-state index in [1.807, 2.05) is 36.4 Å². The highest BCUT2D eigenvalue weighted by Gasteiger charge is 2.11. The molecule has 0 saturated carbocycles. The number of rotatable bonds is 6. The SMILES string of the molecule is COc1ccc(C(C)NC(=S)NCc2ccccc2)cc1OC. The molecule has 0 spiro atoms. The fourth-order valence-corrected chi connectivity index (χ4v) is 2.48. The van der Waals surface area contributed by atoms with Crippen LogP contribution in [0.5, 0.6) is 11.5 Å². The highest BCUT2D eigenvalue weighted by molar-refractivity contribution is 7.80. The summed E-state index contributed by atoms with van der Waals surface area (Å²) in [5.74, 6) is 1.43. The van der Waals surface area contributed by atoms with Gasteiger partial charge in [-0.3, -0.25) is 0 Å². The fraction of sp³-hybridized carbons (Fsp3) is 0.278. The second-order valence-corrected chi connectivity index (χ2v) is 5.56. The second kappa shape index (κ2) is 8.39. The Bertz CT molecular complexity index is 647. The van der Waals surface area contributed by atoms with Gasteiger partial charge in [0, 0.05) is 6.54 Å². The zero-order chi connectivity index (χ0) is 16.7. The van der Waals surface area contributed by atoms with E-state index in [0.717, 1.165) is 5.56 Å². The number of ether oxygens (including phenoxy) is 2. The van der Waals surface area contributed by atoms with Crippen molar-refractivity contribution >= 4 is 17.3 Å². The molecule has 0 bridgehead atoms. The molecule has 0 aliphatic rings. The molecule has 2 aromatic carbocycles. The minimum Gasteiger partial charge on any atom is -0.493 e. The van der Waals surface area contributed by atoms with E-state index in [-0.39, 0.29) is 6.04 Å². The Balaban J connectivity index is 1.93. The van der Waals surface area contributed by atoms with E-state index in [4.69, 9.17) is 21.7 Å². The van der Waals surface area contributed by atoms with E-state index in [1.165, 1.54) is 5.56 Å². The lowest BCUT2D eigenvalue weighted by atomic mass is 10.1. The summed E-state index contributed by atoms with van der Waals surface area (Å²) >= 11 is 5.36. The van der Waals surface area contributed by atoms with Crippen LogP contribution in [0.1, 0.15) is 24.1 Å². The summed E-state index contributed by atoms with van der Waals surface area (Å²) in [5.41, 5.74) is 2.27. The molecule has 23 heavy (non-hydrogen) atoms. The third-order valence-corrected chi connectivity index (χ3v) is 3.81. The summed E-state index contributed by atoms with van der Waals surface area (Å²) in [7, 11) is 3.26. The summed E-state index contributed by atoms with van der Waals surface area (Å²) in [6.45, 7) is 2.75. The van der Waals surface area contributed by atoms with Crippen LogP contribution >= 0.6 is 12.2 Å². The van der Waals surface area contributed by atoms with Crippen molar-refractivity contribution in [3.63, 3.8) is 0 Å². The normalized spacial score (nSPS) is 11.4. The Morgan fingerprint density at radius 2 is 1.74 bits per heavy atom. The van der Waals surface area contributed by atoms with Gasteiger partial charge >= 0.3 is 0 Å². The van der Waals surface area contributed by atoms with Gasteiger partial charge in [0.2, 0.25) is 0 Å². The summed E-state index contributed by atoms with van der Waals surface area (Å²) in [6, 6.07) is 16.1. The maximum atomic E-state index is 5.36. The van der Waals surface area contributed by atoms with Crippen molar-refractivity contribution in [3.8, 4) is 11.5 Å². The van der Waals surface area contributed by atoms with E-state index in [2.05, 4.69) is 29.7 Å². The molecule has 0 radical (unpaired) electrons. The van der Waals surface area contributed by atoms with Crippen LogP contribution in [0.15, 0.2) is 48.5 Å². The van der Waals surface area contributed by atoms with Gasteiger partial charge < -0.3 is 20.1 Å². The molecule has 0 aromatic heterocycles. The van der Waals surface area contributed by atoms with Gasteiger partial charge in [0.05, 0.1) is 20.3 Å². The Labute approximate surface area is 142 Å². The van der Waals surface area contributed by atoms with Crippen LogP contribution in [0.4, 0.5) is 0 Å². The minimum atomic E-state index is 0.0607. The average molecular weight is 330 g/mol. The first kappa shape index (κ1) is 17.1. The van der Waals surface area contributed by atoms with Crippen LogP contribution in [0.3, 0.4) is 0 Å². The lowest BCUT2D eigenvalue weighted by Crippen LogP contribution is -2.36. The number of benzene rings is 2. The first-order valence-corrected chi connectivity index (χ1v) is 7.85. The number of thiocarbonyl (C=S) groups is 1. The number of hydrogen-bond acceptors (Lipinski definition) is 3. The number of hydrogen-bond donors (Lipinski definition) is 2. The van der Waals surface area contributed by atoms with Crippen LogP contribution < -0.4 is 20.1 Å². The quantitative estimate of drug-likeness (QED) is 0.794. The molecule has 0 aliphatic carbocycles. The molecule has 2 rings (SSSR count). The van der Waals surface area contributed by atoms with Crippen LogP contribution in [0.25, 0.3) is 0 Å². The molecule has 0 fully saturated rings. The molecule has 0 saturated heterocycles. The third kappa shape index (κ3) is 4.86. The summed E-state index contributed by atoms with van der Waals surface area (Å²) in [5, 5.41) is 7.12. The number of methoxy groups -OCH3 is 2. The van der Waals surface area contributed by atoms with Gasteiger partial charge in [-0.05, 0) is 42.4 Å². The first-order chi connectivity index (χ1) is 11.1. The summed E-state index contributed by atoms with van der Waals surface area (Å²) in [6.07, 6.45) is 0. The van der Waals surface area contributed by atoms with Gasteiger partial charge in [0.25, 0.3) is 0 Å². The van der Waals surface area contributed by atoms with Gasteiger partial charge in [0.1, 0.15) is 0 Å². The van der Waals surface area contributed by atoms with E-state index in [9.17, 15) is 0 Å². The van der Waals surface area contributed by atoms with Crippen LogP contribution in [0.2, 0.25) is 0 Å². The van der Waals surface area contributed by atoms with Gasteiger partial charge in [-0.1, -0.05) is 36.4 Å². The predicted octanol–water partition coefficient (Wildman–Crippen LogP) is 3.43. The zero-order valence-electron chi connectivity index (χ0n) is 13.6. The molecule has 2 N–H and O–H groups in total. The maximum Gasteiger partial charge on any atom is 0.167 e. The monoisotopic (exact) mass is 330 g/mol. The Morgan fingerprint density at radius 3 is 2.39 bits per heavy atom. The van der Waals surface area contributed by atoms with E-state index in [1.54, 1.807) is 14.2 Å². The molecule has 122 valence electrons. The Kier molecular flexibility index (Phi) is 6.23. The topological polar surface area (TPSA) is 42.5 Å². The Hall–Kier alpha value is -2.27. The molecule has 5 heteroatoms. The molecule has 0 heterocycles. The lowest BCUT2D eigenvalue weighted by molar-refractivity contribution is 0.354. The van der Waals surface area contributed by atoms with E-state index < -0.39 is 0 Å². The zero-order valence-corrected chi connectivity index (χ0v) is 14.4. The largest absolute Gasteiger partial charge is 0.493 e. The van der Waals surface area contributed by atoms with Crippen LogP contribution in [-0.2, 0) is 6.54 Å². The third-order valence-electron chi connectivity index (χ3n) is 3.55. The standard InChI is InChI=1S/C18H22N2O2S/c1-13(15-9-10-16(21-2)17(11-15)22-3)20-18(23)19-12-14-7-5-4-6-8-14/h4-11,13H,12H2,1-3H3,(H2,19,20,23). The fourth-order valence-electron chi connectivity index (χ4n) is 2.23. The highest BCUT2D eigenvalue weighted by Crippen LogP contribution is 2.29. The predicted molar refractivity (Wildman–Crippen MR) is 97.0 cm³/mol. The van der Waals surface area contributed by atoms with Gasteiger partial charge in [-0.25, -0.2) is 0 Å². The van der Waals surface area contributed by atoms with Gasteiger partial charge in [-0.2, -0.15) is 0 Å². The van der Waals surface area contributed by atoms with E-state index >= 15 is 0 Å². The van der Waals surface area contributed by atoms with Crippen molar-refractivity contribution in [2.24, 2.45) is 0 Å². The molecule has 0 amide bonds. The first-order valence-electron chi connectivity index (χ1n) is 7.44. The van der Waals surface area contributed by atoms with E-state index in [0.29, 0.717) is 23.2 Å². The average Bonchev–Trinajstić information content (AvgIpc) is 2.60. The smallest absolute Gasteiger partial charge is 0.167 e. The van der Waals surface area contributed by atoms with Crippen molar-refractivity contribution in [1.29, 1.82) is 0 Å². The minimum absolute atomic E-state index is 0.0607. The lowest BCUT2D eigenvalue weighted by Gasteiger charge is -2.19. The molecule has 4 nitrogen and oxygen atoms in total. The van der Waals surface area contributed by atoms with Crippen LogP contribution in [0, 0.1) is 0 Å². The Morgan fingerprint density at radius 1 is 1.04 bits per heavy atom. The molecular weight excluding hydrogens is 308 g/mol. The molecule has 2 aromatic rings. The van der Waals surface area contributed by atoms with Gasteiger partial charge in [-0.15, -0.1) is 0 Å². The van der Waals surface area contributed by atoms with Crippen LogP contribution in [-0.4, -0.2) is 19.3 Å². The van der Waals surface area contributed by atoms with Crippen molar-refractivity contribution < 1.29 is 9.47 Å². The van der Waals surface area contributed by atoms with Crippen molar-refractivity contribution in [3.05, 3.63) is 59.7 Å². The van der Waals surface area contributed by atoms with Gasteiger partial charge in [0.15, 0.2) is 16.6 Å². The molecule has 1 atom stereocenters.